The number of hydrogen-bond donors (Lipinski definition) is 2. The highest BCUT2D eigenvalue weighted by Crippen LogP contribution is 2.02. The molecule has 4 heteroatoms. The zero-order chi connectivity index (χ0) is 8.81. The van der Waals surface area contributed by atoms with Gasteiger partial charge in [0, 0.05) is 19.4 Å². The van der Waals surface area contributed by atoms with Gasteiger partial charge >= 0.3 is 0 Å². The summed E-state index contributed by atoms with van der Waals surface area (Å²) in [5.41, 5.74) is 0.900. The summed E-state index contributed by atoms with van der Waals surface area (Å²) >= 11 is 0. The van der Waals surface area contributed by atoms with Crippen LogP contribution in [0.25, 0.3) is 0 Å². The van der Waals surface area contributed by atoms with Crippen LogP contribution in [0.5, 0.6) is 0 Å². The van der Waals surface area contributed by atoms with Gasteiger partial charge in [0.05, 0.1) is 0 Å². The number of aliphatic hydroxyl groups is 1. The number of nitrogens with two attached hydrogens (primary N) is 1. The molecule has 1 aliphatic rings. The summed E-state index contributed by atoms with van der Waals surface area (Å²) in [5, 5.41) is 19.1. The van der Waals surface area contributed by atoms with E-state index in [-0.39, 0.29) is 12.8 Å². The molecule has 0 amide bonds. The Balaban J connectivity index is 2.39. The van der Waals surface area contributed by atoms with Crippen LogP contribution in [-0.4, -0.2) is 29.3 Å². The second-order valence-electron chi connectivity index (χ2n) is 2.67. The quantitative estimate of drug-likeness (QED) is 0.540. The van der Waals surface area contributed by atoms with E-state index in [0.29, 0.717) is 6.42 Å². The Bertz CT molecular complexity index is 180. The number of quaternary nitrogens is 1. The number of rotatable bonds is 4. The lowest BCUT2D eigenvalue weighted by atomic mass is 10.3. The van der Waals surface area contributed by atoms with E-state index in [1.54, 1.807) is 0 Å². The lowest BCUT2D eigenvalue weighted by Crippen LogP contribution is -2.87. The van der Waals surface area contributed by atoms with Gasteiger partial charge in [0.25, 0.3) is 0 Å². The second-order valence-corrected chi connectivity index (χ2v) is 2.67. The van der Waals surface area contributed by atoms with Crippen molar-refractivity contribution in [2.24, 2.45) is 0 Å². The maximum atomic E-state index is 10.5. The number of nitrogens with zero attached hydrogens (tertiary/aromatic N) is 1. The zero-order valence-corrected chi connectivity index (χ0v) is 6.89. The van der Waals surface area contributed by atoms with Gasteiger partial charge in [-0.1, -0.05) is 6.08 Å². The van der Waals surface area contributed by atoms with Crippen LogP contribution in [0.4, 0.5) is 0 Å². The molecule has 1 atom stereocenters. The van der Waals surface area contributed by atoms with Crippen molar-refractivity contribution < 1.29 is 10.6 Å². The van der Waals surface area contributed by atoms with Crippen LogP contribution in [0.3, 0.4) is 0 Å². The van der Waals surface area contributed by atoms with Crippen molar-refractivity contribution in [1.82, 2.24) is 4.90 Å². The molecule has 0 spiro atoms. The fourth-order valence-electron chi connectivity index (χ4n) is 1.15. The Morgan fingerprint density at radius 3 is 3.00 bits per heavy atom. The molecule has 0 aromatic rings. The summed E-state index contributed by atoms with van der Waals surface area (Å²) in [4.78, 5) is 1.91. The third kappa shape index (κ3) is 2.34. The first-order valence-corrected chi connectivity index (χ1v) is 4.05. The molecule has 0 saturated carbocycles. The first kappa shape index (κ1) is 9.25. The average Bonchev–Trinajstić information content (AvgIpc) is 2.15. The molecule has 4 nitrogen and oxygen atoms in total. The summed E-state index contributed by atoms with van der Waals surface area (Å²) < 4.78 is 0. The monoisotopic (exact) mass is 170 g/mol. The third-order valence-corrected chi connectivity index (χ3v) is 1.79. The molecule has 0 aromatic carbocycles. The maximum absolute atomic E-state index is 10.5. The van der Waals surface area contributed by atoms with Crippen molar-refractivity contribution in [2.75, 3.05) is 13.2 Å². The molecular formula is C8H14N2O2. The van der Waals surface area contributed by atoms with Crippen molar-refractivity contribution in [2.45, 2.75) is 12.6 Å². The van der Waals surface area contributed by atoms with Crippen LogP contribution in [0.1, 0.15) is 6.42 Å². The van der Waals surface area contributed by atoms with Gasteiger partial charge in [-0.15, -0.1) is 0 Å². The molecule has 3 N–H and O–H groups in total. The van der Waals surface area contributed by atoms with Crippen LogP contribution in [0.15, 0.2) is 24.4 Å². The molecule has 68 valence electrons. The molecule has 0 fully saturated rings. The topological polar surface area (TPSA) is 63.1 Å². The van der Waals surface area contributed by atoms with E-state index in [9.17, 15) is 5.21 Å². The summed E-state index contributed by atoms with van der Waals surface area (Å²) in [6, 6.07) is 0. The predicted octanol–water partition coefficient (Wildman–Crippen LogP) is -0.858. The van der Waals surface area contributed by atoms with Gasteiger partial charge in [-0.05, 0) is 18.6 Å². The van der Waals surface area contributed by atoms with Crippen molar-refractivity contribution in [3.8, 4) is 0 Å². The van der Waals surface area contributed by atoms with Crippen molar-refractivity contribution in [3.63, 3.8) is 0 Å². The van der Waals surface area contributed by atoms with E-state index < -0.39 is 0 Å². The summed E-state index contributed by atoms with van der Waals surface area (Å²) in [6.07, 6.45) is 7.99. The van der Waals surface area contributed by atoms with Crippen molar-refractivity contribution in [3.05, 3.63) is 29.6 Å². The van der Waals surface area contributed by atoms with Crippen molar-refractivity contribution in [1.29, 1.82) is 0 Å². The van der Waals surface area contributed by atoms with E-state index in [4.69, 9.17) is 5.11 Å². The SMILES string of the molecule is [O-][NH2+]C1C=CC=CN1CCCO. The summed E-state index contributed by atoms with van der Waals surface area (Å²) in [7, 11) is 0. The fraction of sp³-hybridized carbons (Fsp3) is 0.500. The highest BCUT2D eigenvalue weighted by atomic mass is 16.5. The molecule has 1 heterocycles. The standard InChI is InChI=1S/C8H14N2O2/c11-7-3-6-10-5-2-1-4-8(10)9-12/h1-2,4-5,8,11H,3,6-7,9H2. The van der Waals surface area contributed by atoms with Gasteiger partial charge in [-0.2, -0.15) is 0 Å². The van der Waals surface area contributed by atoms with E-state index in [0.717, 1.165) is 12.0 Å². The van der Waals surface area contributed by atoms with Gasteiger partial charge < -0.3 is 20.7 Å². The molecule has 12 heavy (non-hydrogen) atoms. The normalized spacial score (nSPS) is 21.8. The molecule has 0 bridgehead atoms. The maximum Gasteiger partial charge on any atom is 0.180 e. The molecule has 0 aromatic heterocycles. The van der Waals surface area contributed by atoms with Crippen LogP contribution >= 0.6 is 0 Å². The minimum absolute atomic E-state index is 0.151. The second kappa shape index (κ2) is 4.92. The first-order chi connectivity index (χ1) is 5.88. The summed E-state index contributed by atoms with van der Waals surface area (Å²) in [6.45, 7) is 0.889. The number of aliphatic hydroxyl groups excluding tert-OH is 1. The third-order valence-electron chi connectivity index (χ3n) is 1.79. The van der Waals surface area contributed by atoms with Gasteiger partial charge in [0.2, 0.25) is 0 Å². The fourth-order valence-corrected chi connectivity index (χ4v) is 1.15. The van der Waals surface area contributed by atoms with Crippen LogP contribution < -0.4 is 5.48 Å². The highest BCUT2D eigenvalue weighted by molar-refractivity contribution is 5.10. The average molecular weight is 170 g/mol. The Morgan fingerprint density at radius 1 is 1.50 bits per heavy atom. The number of allylic oxidation sites excluding steroid dienone is 2. The molecule has 1 aliphatic heterocycles. The lowest BCUT2D eigenvalue weighted by Gasteiger charge is -2.28. The summed E-state index contributed by atoms with van der Waals surface area (Å²) in [5.74, 6) is 0. The van der Waals surface area contributed by atoms with Gasteiger partial charge in [-0.25, -0.2) is 0 Å². The highest BCUT2D eigenvalue weighted by Gasteiger charge is 2.12. The van der Waals surface area contributed by atoms with Crippen molar-refractivity contribution >= 4 is 0 Å². The van der Waals surface area contributed by atoms with Crippen LogP contribution in [0.2, 0.25) is 0 Å². The van der Waals surface area contributed by atoms with Crippen LogP contribution in [0, 0.1) is 5.21 Å². The Kier molecular flexibility index (Phi) is 3.79. The molecule has 0 radical (unpaired) electrons. The van der Waals surface area contributed by atoms with E-state index in [1.807, 2.05) is 29.3 Å². The van der Waals surface area contributed by atoms with Gasteiger partial charge in [0.1, 0.15) is 0 Å². The van der Waals surface area contributed by atoms with E-state index in [2.05, 4.69) is 0 Å². The molecule has 1 unspecified atom stereocenters. The lowest BCUT2D eigenvalue weighted by molar-refractivity contribution is -0.636. The number of hydrogen-bond acceptors (Lipinski definition) is 3. The Hall–Kier alpha value is -0.840. The largest absolute Gasteiger partial charge is 0.634 e. The number of hydroxylamine groups is 1. The molecule has 0 saturated heterocycles. The molecule has 1 rings (SSSR count). The van der Waals surface area contributed by atoms with E-state index >= 15 is 0 Å². The van der Waals surface area contributed by atoms with E-state index in [1.165, 1.54) is 0 Å². The van der Waals surface area contributed by atoms with Crippen LogP contribution in [-0.2, 0) is 0 Å². The van der Waals surface area contributed by atoms with Gasteiger partial charge in [-0.3, -0.25) is 0 Å². The molecular weight excluding hydrogens is 156 g/mol. The van der Waals surface area contributed by atoms with Gasteiger partial charge in [0.15, 0.2) is 6.17 Å². The smallest absolute Gasteiger partial charge is 0.180 e. The minimum atomic E-state index is -0.151. The Labute approximate surface area is 71.8 Å². The Morgan fingerprint density at radius 2 is 2.33 bits per heavy atom. The predicted molar refractivity (Wildman–Crippen MR) is 45.8 cm³/mol. The zero-order valence-electron chi connectivity index (χ0n) is 6.89. The first-order valence-electron chi connectivity index (χ1n) is 4.05. The molecule has 0 aliphatic carbocycles. The minimum Gasteiger partial charge on any atom is -0.634 e.